The Balaban J connectivity index is -0.000000218. The summed E-state index contributed by atoms with van der Waals surface area (Å²) in [6.45, 7) is 0. The van der Waals surface area contributed by atoms with Crippen molar-refractivity contribution in [3.8, 4) is 0 Å². The van der Waals surface area contributed by atoms with Crippen LogP contribution in [0.25, 0.3) is 0 Å². The average Bonchev–Trinajstić information content (AvgIpc) is 2.12. The summed E-state index contributed by atoms with van der Waals surface area (Å²) in [5.74, 6) is -5.03. The van der Waals surface area contributed by atoms with Crippen LogP contribution in [-0.4, -0.2) is 95.7 Å². The number of carboxylic acid groups (broad SMARTS) is 4. The molecule has 0 aromatic carbocycles. The van der Waals surface area contributed by atoms with Crippen molar-refractivity contribution >= 4 is 75.3 Å². The van der Waals surface area contributed by atoms with Crippen LogP contribution >= 0.6 is 0 Å². The fourth-order valence-corrected chi connectivity index (χ4v) is 0.285. The molecule has 0 saturated carbocycles. The summed E-state index contributed by atoms with van der Waals surface area (Å²) in [5.41, 5.74) is 0. The molecule has 0 fully saturated rings. The second-order valence-electron chi connectivity index (χ2n) is 2.02. The molecule has 0 aliphatic carbocycles. The molecule has 0 saturated heterocycles. The zero-order valence-corrected chi connectivity index (χ0v) is 11.9. The maximum atomic E-state index is 9.55. The predicted molar refractivity (Wildman–Crippen MR) is 54.6 cm³/mol. The largest absolute Gasteiger partial charge is 0.478 e. The van der Waals surface area contributed by atoms with Crippen LogP contribution in [0.15, 0.2) is 24.3 Å². The van der Waals surface area contributed by atoms with Gasteiger partial charge in [0.1, 0.15) is 0 Å². The molecule has 0 rings (SSSR count). The summed E-state index contributed by atoms with van der Waals surface area (Å²) in [6, 6.07) is 0. The molecule has 0 aliphatic rings. The Labute approximate surface area is 138 Å². The Morgan fingerprint density at radius 2 is 0.647 bits per heavy atom. The first kappa shape index (κ1) is 21.3. The second kappa shape index (κ2) is 13.1. The summed E-state index contributed by atoms with van der Waals surface area (Å²) < 4.78 is 0. The van der Waals surface area contributed by atoms with Crippen molar-refractivity contribution in [2.24, 2.45) is 0 Å². The van der Waals surface area contributed by atoms with Gasteiger partial charge in [0, 0.05) is 75.7 Å². The van der Waals surface area contributed by atoms with E-state index in [0.29, 0.717) is 24.3 Å². The third-order valence-electron chi connectivity index (χ3n) is 0.737. The van der Waals surface area contributed by atoms with Gasteiger partial charge < -0.3 is 20.4 Å². The minimum absolute atomic E-state index is 0. The van der Waals surface area contributed by atoms with Gasteiger partial charge >= 0.3 is 23.9 Å². The third kappa shape index (κ3) is 31.3. The van der Waals surface area contributed by atoms with Crippen LogP contribution < -0.4 is 0 Å². The van der Waals surface area contributed by atoms with Crippen LogP contribution in [0.2, 0.25) is 0 Å². The van der Waals surface area contributed by atoms with Crippen molar-refractivity contribution in [2.75, 3.05) is 0 Å². The van der Waals surface area contributed by atoms with Gasteiger partial charge in [-0.3, -0.25) is 0 Å². The topological polar surface area (TPSA) is 149 Å². The van der Waals surface area contributed by atoms with Gasteiger partial charge in [0.15, 0.2) is 0 Å². The van der Waals surface area contributed by atoms with Crippen molar-refractivity contribution in [1.82, 2.24) is 0 Å². The molecule has 0 aliphatic heterocycles. The first-order valence-electron chi connectivity index (χ1n) is 3.53. The second-order valence-corrected chi connectivity index (χ2v) is 2.02. The first-order chi connectivity index (χ1) is 7.25. The summed E-state index contributed by atoms with van der Waals surface area (Å²) >= 11 is 0. The number of aliphatic carboxylic acids is 4. The average molecular weight is 271 g/mol. The van der Waals surface area contributed by atoms with Crippen molar-refractivity contribution in [1.29, 1.82) is 0 Å². The Bertz CT molecular complexity index is 277. The molecule has 0 aromatic rings. The van der Waals surface area contributed by atoms with Crippen molar-refractivity contribution in [2.45, 2.75) is 0 Å². The van der Waals surface area contributed by atoms with Crippen LogP contribution in [0.5, 0.6) is 0 Å². The van der Waals surface area contributed by atoms with Gasteiger partial charge in [0.05, 0.1) is 0 Å². The molecule has 9 heteroatoms. The van der Waals surface area contributed by atoms with Crippen LogP contribution in [0.3, 0.4) is 0 Å². The van der Waals surface area contributed by atoms with Gasteiger partial charge in [0.2, 0.25) is 0 Å². The van der Waals surface area contributed by atoms with E-state index in [2.05, 4.69) is 0 Å². The normalized spacial score (nSPS) is 8.94. The smallest absolute Gasteiger partial charge is 0.328 e. The minimum atomic E-state index is -1.26. The summed E-state index contributed by atoms with van der Waals surface area (Å²) in [5, 5.41) is 31.2. The number of hydrogen-bond acceptors (Lipinski definition) is 4. The van der Waals surface area contributed by atoms with Gasteiger partial charge in [-0.05, 0) is 0 Å². The van der Waals surface area contributed by atoms with E-state index in [1.807, 2.05) is 0 Å². The molecule has 8 nitrogen and oxygen atoms in total. The van der Waals surface area contributed by atoms with E-state index in [1.54, 1.807) is 0 Å². The molecule has 0 unspecified atom stereocenters. The van der Waals surface area contributed by atoms with Crippen molar-refractivity contribution in [3.63, 3.8) is 0 Å². The van der Waals surface area contributed by atoms with E-state index >= 15 is 0 Å². The van der Waals surface area contributed by atoms with Gasteiger partial charge in [0.25, 0.3) is 0 Å². The number of rotatable bonds is 4. The molecule has 4 N–H and O–H groups in total. The number of hydrogen-bond donors (Lipinski definition) is 4. The quantitative estimate of drug-likeness (QED) is 0.377. The molecule has 17 heavy (non-hydrogen) atoms. The van der Waals surface area contributed by atoms with Crippen molar-refractivity contribution < 1.29 is 39.6 Å². The van der Waals surface area contributed by atoms with Crippen molar-refractivity contribution in [3.05, 3.63) is 24.3 Å². The Hall–Kier alpha value is -1.00. The van der Waals surface area contributed by atoms with Crippen LogP contribution in [0.4, 0.5) is 0 Å². The van der Waals surface area contributed by atoms with Crippen LogP contribution in [0, 0.1) is 0 Å². The predicted octanol–water partition coefficient (Wildman–Crippen LogP) is -0.957. The molecule has 0 amide bonds. The van der Waals surface area contributed by atoms with Crippen LogP contribution in [0.1, 0.15) is 0 Å². The zero-order valence-electron chi connectivity index (χ0n) is 8.73. The van der Waals surface area contributed by atoms with E-state index in [1.165, 1.54) is 0 Å². The van der Waals surface area contributed by atoms with Gasteiger partial charge in [-0.1, -0.05) is 0 Å². The van der Waals surface area contributed by atoms with Gasteiger partial charge in [-0.25, -0.2) is 19.2 Å². The van der Waals surface area contributed by atoms with E-state index in [-0.39, 0.29) is 51.4 Å². The summed E-state index contributed by atoms with van der Waals surface area (Å²) in [4.78, 5) is 38.2. The molecule has 0 heterocycles. The molecular formula is C8H8KO8. The van der Waals surface area contributed by atoms with E-state index in [9.17, 15) is 19.2 Å². The molecule has 0 bridgehead atoms. The van der Waals surface area contributed by atoms with E-state index in [0.717, 1.165) is 0 Å². The zero-order chi connectivity index (χ0) is 13.1. The number of carboxylic acids is 4. The molecule has 89 valence electrons. The van der Waals surface area contributed by atoms with Gasteiger partial charge in [-0.2, -0.15) is 0 Å². The maximum Gasteiger partial charge on any atom is 0.328 e. The monoisotopic (exact) mass is 271 g/mol. The molecule has 0 aromatic heterocycles. The standard InChI is InChI=1S/2C4H4O4.K/c2*5-3(6)1-2-4(7)8;/h2*1-2H,(H,5,6)(H,7,8);/b2*2-1+;. The Morgan fingerprint density at radius 1 is 0.529 bits per heavy atom. The Kier molecular flexibility index (Phi) is 16.4. The molecular weight excluding hydrogens is 263 g/mol. The van der Waals surface area contributed by atoms with Gasteiger partial charge in [-0.15, -0.1) is 0 Å². The minimum Gasteiger partial charge on any atom is -0.478 e. The summed E-state index contributed by atoms with van der Waals surface area (Å²) in [6.07, 6.45) is 2.23. The Morgan fingerprint density at radius 3 is 0.706 bits per heavy atom. The molecule has 1 radical (unpaired) electrons. The maximum absolute atomic E-state index is 9.55. The fourth-order valence-electron chi connectivity index (χ4n) is 0.285. The molecule has 0 atom stereocenters. The number of carbonyl (C=O) groups is 4. The first-order valence-corrected chi connectivity index (χ1v) is 3.53. The SMILES string of the molecule is O=C(O)/C=C/C(=O)O.O=C(O)/C=C/C(=O)O.[K]. The summed E-state index contributed by atoms with van der Waals surface area (Å²) in [7, 11) is 0. The molecule has 0 spiro atoms. The van der Waals surface area contributed by atoms with E-state index < -0.39 is 23.9 Å². The van der Waals surface area contributed by atoms with E-state index in [4.69, 9.17) is 20.4 Å². The fraction of sp³-hybridized carbons (Fsp3) is 0. The van der Waals surface area contributed by atoms with Crippen LogP contribution in [-0.2, 0) is 19.2 Å². The third-order valence-corrected chi connectivity index (χ3v) is 0.737.